The van der Waals surface area contributed by atoms with E-state index in [1.807, 2.05) is 0 Å². The van der Waals surface area contributed by atoms with Crippen LogP contribution < -0.4 is 0 Å². The molecule has 0 heteroatoms. The van der Waals surface area contributed by atoms with E-state index < -0.39 is 0 Å². The molecule has 8 rings (SSSR count). The van der Waals surface area contributed by atoms with Crippen LogP contribution in [0, 0.1) is 27.7 Å². The van der Waals surface area contributed by atoms with Crippen molar-refractivity contribution in [3.8, 4) is 44.5 Å². The fourth-order valence-corrected chi connectivity index (χ4v) is 7.48. The maximum Gasteiger partial charge on any atom is -0.00259 e. The van der Waals surface area contributed by atoms with Gasteiger partial charge in [0.1, 0.15) is 0 Å². The Labute approximate surface area is 271 Å². The summed E-state index contributed by atoms with van der Waals surface area (Å²) in [5.41, 5.74) is 15.2. The van der Waals surface area contributed by atoms with E-state index in [9.17, 15) is 0 Å². The molecule has 0 nitrogen and oxygen atoms in total. The predicted octanol–water partition coefficient (Wildman–Crippen LogP) is 13.0. The third-order valence-electron chi connectivity index (χ3n) is 9.30. The minimum Gasteiger partial charge on any atom is -0.0616 e. The summed E-state index contributed by atoms with van der Waals surface area (Å²) in [6, 6.07) is 54.4. The van der Waals surface area contributed by atoms with E-state index in [0.717, 1.165) is 0 Å². The zero-order valence-corrected chi connectivity index (χ0v) is 26.9. The van der Waals surface area contributed by atoms with Crippen LogP contribution in [0.3, 0.4) is 0 Å². The van der Waals surface area contributed by atoms with Gasteiger partial charge in [0.05, 0.1) is 0 Å². The fourth-order valence-electron chi connectivity index (χ4n) is 7.48. The van der Waals surface area contributed by atoms with Gasteiger partial charge in [-0.2, -0.15) is 0 Å². The Morgan fingerprint density at radius 3 is 1.11 bits per heavy atom. The minimum atomic E-state index is 1.24. The van der Waals surface area contributed by atoms with Gasteiger partial charge in [0.2, 0.25) is 0 Å². The number of fused-ring (bicyclic) bond motifs is 3. The number of rotatable bonds is 4. The molecule has 0 spiro atoms. The molecule has 0 saturated heterocycles. The summed E-state index contributed by atoms with van der Waals surface area (Å²) in [6.45, 7) is 8.77. The van der Waals surface area contributed by atoms with E-state index in [2.05, 4.69) is 173 Å². The smallest absolute Gasteiger partial charge is 0.00259 e. The standard InChI is InChI=1S/C46H36/c1-29-19-30(2)22-36(21-29)38-26-39(37-23-31(3)20-32(4)24-37)28-40(27-38)46-43-15-9-7-13-41(43)45(42-14-8-10-16-44(42)46)35-18-17-33-11-5-6-12-34(33)25-35/h5-28H,1-4H3. The second kappa shape index (κ2) is 11.2. The highest BCUT2D eigenvalue weighted by Gasteiger charge is 2.18. The molecule has 0 aromatic heterocycles. The Morgan fingerprint density at radius 1 is 0.261 bits per heavy atom. The average Bonchev–Trinajstić information content (AvgIpc) is 3.06. The largest absolute Gasteiger partial charge is 0.0616 e. The van der Waals surface area contributed by atoms with Gasteiger partial charge in [0.15, 0.2) is 0 Å². The molecule has 0 heterocycles. The lowest BCUT2D eigenvalue weighted by Gasteiger charge is -2.19. The van der Waals surface area contributed by atoms with Crippen molar-refractivity contribution in [1.82, 2.24) is 0 Å². The van der Waals surface area contributed by atoms with Crippen LogP contribution in [0.5, 0.6) is 0 Å². The summed E-state index contributed by atoms with van der Waals surface area (Å²) in [4.78, 5) is 0. The molecule has 0 N–H and O–H groups in total. The summed E-state index contributed by atoms with van der Waals surface area (Å²) in [6.07, 6.45) is 0. The maximum absolute atomic E-state index is 2.41. The molecule has 46 heavy (non-hydrogen) atoms. The first-order valence-corrected chi connectivity index (χ1v) is 16.2. The highest BCUT2D eigenvalue weighted by atomic mass is 14.2. The van der Waals surface area contributed by atoms with Gasteiger partial charge in [-0.15, -0.1) is 0 Å². The summed E-state index contributed by atoms with van der Waals surface area (Å²) >= 11 is 0. The Hall–Kier alpha value is -5.46. The summed E-state index contributed by atoms with van der Waals surface area (Å²) in [5.74, 6) is 0. The van der Waals surface area contributed by atoms with Crippen LogP contribution in [-0.4, -0.2) is 0 Å². The van der Waals surface area contributed by atoms with Gasteiger partial charge in [-0.3, -0.25) is 0 Å². The molecule has 0 fully saturated rings. The van der Waals surface area contributed by atoms with Crippen molar-refractivity contribution in [2.45, 2.75) is 27.7 Å². The SMILES string of the molecule is Cc1cc(C)cc(-c2cc(-c3cc(C)cc(C)c3)cc(-c3c4ccccc4c(-c4ccc5ccccc5c4)c4ccccc34)c2)c1. The van der Waals surface area contributed by atoms with E-state index in [0.29, 0.717) is 0 Å². The van der Waals surface area contributed by atoms with Crippen LogP contribution in [0.15, 0.2) is 146 Å². The Bertz CT molecular complexity index is 2290. The maximum atomic E-state index is 2.41. The second-order valence-electron chi connectivity index (χ2n) is 13.0. The van der Waals surface area contributed by atoms with Gasteiger partial charge in [-0.25, -0.2) is 0 Å². The molecule has 0 bridgehead atoms. The monoisotopic (exact) mass is 588 g/mol. The van der Waals surface area contributed by atoms with Crippen LogP contribution >= 0.6 is 0 Å². The van der Waals surface area contributed by atoms with E-state index in [-0.39, 0.29) is 0 Å². The van der Waals surface area contributed by atoms with Crippen LogP contribution in [0.2, 0.25) is 0 Å². The van der Waals surface area contributed by atoms with Crippen LogP contribution in [0.25, 0.3) is 76.8 Å². The number of hydrogen-bond acceptors (Lipinski definition) is 0. The first-order valence-electron chi connectivity index (χ1n) is 16.2. The highest BCUT2D eigenvalue weighted by Crippen LogP contribution is 2.45. The molecule has 8 aromatic rings. The van der Waals surface area contributed by atoms with Gasteiger partial charge >= 0.3 is 0 Å². The number of benzene rings is 8. The van der Waals surface area contributed by atoms with Crippen LogP contribution in [0.1, 0.15) is 22.3 Å². The van der Waals surface area contributed by atoms with Crippen molar-refractivity contribution in [2.24, 2.45) is 0 Å². The highest BCUT2D eigenvalue weighted by molar-refractivity contribution is 6.22. The molecule has 8 aromatic carbocycles. The van der Waals surface area contributed by atoms with Crippen molar-refractivity contribution >= 4 is 32.3 Å². The Morgan fingerprint density at radius 2 is 0.630 bits per heavy atom. The van der Waals surface area contributed by atoms with Crippen molar-refractivity contribution in [3.63, 3.8) is 0 Å². The quantitative estimate of drug-likeness (QED) is 0.179. The molecule has 0 unspecified atom stereocenters. The topological polar surface area (TPSA) is 0 Å². The molecule has 0 amide bonds. The molecular formula is C46H36. The van der Waals surface area contributed by atoms with Gasteiger partial charge < -0.3 is 0 Å². The lowest BCUT2D eigenvalue weighted by atomic mass is 9.84. The Balaban J connectivity index is 1.46. The van der Waals surface area contributed by atoms with E-state index in [4.69, 9.17) is 0 Å². The van der Waals surface area contributed by atoms with Crippen molar-refractivity contribution in [2.75, 3.05) is 0 Å². The van der Waals surface area contributed by atoms with Gasteiger partial charge in [-0.05, 0) is 129 Å². The molecule has 220 valence electrons. The molecule has 0 aliphatic heterocycles. The Kier molecular flexibility index (Phi) is 6.80. The molecule has 0 aliphatic carbocycles. The molecule has 0 saturated carbocycles. The third kappa shape index (κ3) is 4.97. The van der Waals surface area contributed by atoms with E-state index in [1.165, 1.54) is 99.1 Å². The van der Waals surface area contributed by atoms with E-state index >= 15 is 0 Å². The fraction of sp³-hybridized carbons (Fsp3) is 0.0870. The third-order valence-corrected chi connectivity index (χ3v) is 9.30. The lowest BCUT2D eigenvalue weighted by molar-refractivity contribution is 1.38. The van der Waals surface area contributed by atoms with Crippen molar-refractivity contribution < 1.29 is 0 Å². The van der Waals surface area contributed by atoms with Crippen molar-refractivity contribution in [1.29, 1.82) is 0 Å². The van der Waals surface area contributed by atoms with Gasteiger partial charge in [-0.1, -0.05) is 144 Å². The predicted molar refractivity (Wildman–Crippen MR) is 200 cm³/mol. The normalized spacial score (nSPS) is 11.5. The number of hydrogen-bond donors (Lipinski definition) is 0. The minimum absolute atomic E-state index is 1.24. The molecule has 0 aliphatic rings. The summed E-state index contributed by atoms with van der Waals surface area (Å²) in [7, 11) is 0. The summed E-state index contributed by atoms with van der Waals surface area (Å²) in [5, 5.41) is 7.61. The first-order chi connectivity index (χ1) is 22.4. The first kappa shape index (κ1) is 28.0. The zero-order chi connectivity index (χ0) is 31.4. The average molecular weight is 589 g/mol. The zero-order valence-electron chi connectivity index (χ0n) is 26.9. The van der Waals surface area contributed by atoms with Gasteiger partial charge in [0.25, 0.3) is 0 Å². The molecule has 0 radical (unpaired) electrons. The van der Waals surface area contributed by atoms with Gasteiger partial charge in [0, 0.05) is 0 Å². The van der Waals surface area contributed by atoms with Crippen LogP contribution in [0.4, 0.5) is 0 Å². The van der Waals surface area contributed by atoms with E-state index in [1.54, 1.807) is 0 Å². The molecular weight excluding hydrogens is 553 g/mol. The lowest BCUT2D eigenvalue weighted by Crippen LogP contribution is -1.93. The van der Waals surface area contributed by atoms with Crippen LogP contribution in [-0.2, 0) is 0 Å². The summed E-state index contributed by atoms with van der Waals surface area (Å²) < 4.78 is 0. The molecule has 0 atom stereocenters. The van der Waals surface area contributed by atoms with Crippen molar-refractivity contribution in [3.05, 3.63) is 168 Å². The number of aryl methyl sites for hydroxylation is 4. The second-order valence-corrected chi connectivity index (χ2v) is 13.0.